The van der Waals surface area contributed by atoms with E-state index in [1.54, 1.807) is 44.2 Å². The second kappa shape index (κ2) is 3.91. The number of benzene rings is 1. The summed E-state index contributed by atoms with van der Waals surface area (Å²) >= 11 is 0. The van der Waals surface area contributed by atoms with Crippen molar-refractivity contribution in [2.75, 3.05) is 0 Å². The Morgan fingerprint density at radius 3 is 1.87 bits per heavy atom. The molecule has 0 fully saturated rings. The molecule has 0 aliphatic rings. The van der Waals surface area contributed by atoms with Crippen molar-refractivity contribution in [1.82, 2.24) is 0 Å². The number of halogens is 3. The summed E-state index contributed by atoms with van der Waals surface area (Å²) in [5.41, 5.74) is 0.354. The van der Waals surface area contributed by atoms with Crippen LogP contribution in [0.15, 0.2) is 30.3 Å². The van der Waals surface area contributed by atoms with Gasteiger partial charge in [-0.05, 0) is 5.31 Å². The molecule has 0 aromatic heterocycles. The summed E-state index contributed by atoms with van der Waals surface area (Å²) < 4.78 is 39.3. The lowest BCUT2D eigenvalue weighted by atomic mass is 9.50. The van der Waals surface area contributed by atoms with Gasteiger partial charge in [0.2, 0.25) is 0 Å². The fourth-order valence-corrected chi connectivity index (χ4v) is 1.70. The van der Waals surface area contributed by atoms with Gasteiger partial charge in [-0.25, -0.2) is 0 Å². The van der Waals surface area contributed by atoms with Crippen LogP contribution in [0.1, 0.15) is 26.3 Å². The summed E-state index contributed by atoms with van der Waals surface area (Å²) in [7, 11) is 0. The Bertz CT molecular complexity index is 318. The maximum Gasteiger partial charge on any atom is 0.488 e. The molecule has 0 amide bonds. The van der Waals surface area contributed by atoms with Gasteiger partial charge in [0, 0.05) is 0 Å². The largest absolute Gasteiger partial charge is 0.488 e. The molecule has 1 rings (SSSR count). The minimum atomic E-state index is -4.89. The van der Waals surface area contributed by atoms with Gasteiger partial charge in [0.15, 0.2) is 0 Å². The van der Waals surface area contributed by atoms with Crippen LogP contribution in [0.4, 0.5) is 12.9 Å². The van der Waals surface area contributed by atoms with Crippen LogP contribution < -0.4 is 0 Å². The minimum Gasteiger partial charge on any atom is -0.448 e. The van der Waals surface area contributed by atoms with Crippen LogP contribution in [0.5, 0.6) is 0 Å². The molecule has 0 heterocycles. The Morgan fingerprint density at radius 2 is 1.53 bits per heavy atom. The van der Waals surface area contributed by atoms with Crippen molar-refractivity contribution in [1.29, 1.82) is 0 Å². The van der Waals surface area contributed by atoms with Crippen LogP contribution >= 0.6 is 0 Å². The average Bonchev–Trinajstić information content (AvgIpc) is 2.16. The van der Waals surface area contributed by atoms with E-state index in [4.69, 9.17) is 0 Å². The highest BCUT2D eigenvalue weighted by molar-refractivity contribution is 6.62. The van der Waals surface area contributed by atoms with E-state index in [0.717, 1.165) is 0 Å². The number of hydrogen-bond donors (Lipinski definition) is 0. The lowest BCUT2D eigenvalue weighted by Gasteiger charge is -2.43. The summed E-state index contributed by atoms with van der Waals surface area (Å²) in [6.45, 7) is -0.381. The van der Waals surface area contributed by atoms with Crippen LogP contribution in [-0.2, 0) is 5.31 Å². The summed E-state index contributed by atoms with van der Waals surface area (Å²) in [6, 6.07) is 8.13. The van der Waals surface area contributed by atoms with Crippen molar-refractivity contribution in [2.24, 2.45) is 5.92 Å². The van der Waals surface area contributed by atoms with E-state index < -0.39 is 18.2 Å². The molecule has 0 nitrogen and oxygen atoms in total. The van der Waals surface area contributed by atoms with Crippen LogP contribution in [0.2, 0.25) is 0 Å². The van der Waals surface area contributed by atoms with Gasteiger partial charge in [0.25, 0.3) is 0 Å². The molecule has 0 aliphatic carbocycles. The molecule has 0 aliphatic heterocycles. The highest BCUT2D eigenvalue weighted by atomic mass is 19.4. The Kier molecular flexibility index (Phi) is 3.17. The third-order valence-electron chi connectivity index (χ3n) is 3.28. The monoisotopic (exact) mass is 215 g/mol. The molecule has 0 saturated carbocycles. The van der Waals surface area contributed by atoms with Crippen LogP contribution in [0, 0.1) is 5.92 Å². The molecule has 0 bridgehead atoms. The summed E-state index contributed by atoms with van der Waals surface area (Å²) in [6.07, 6.45) is 0. The predicted molar refractivity (Wildman–Crippen MR) is 57.7 cm³/mol. The van der Waals surface area contributed by atoms with Crippen molar-refractivity contribution in [2.45, 2.75) is 26.1 Å². The molecule has 4 heteroatoms. The average molecular weight is 215 g/mol. The summed E-state index contributed by atoms with van der Waals surface area (Å²) in [4.78, 5) is 0. The van der Waals surface area contributed by atoms with E-state index in [0.29, 0.717) is 5.56 Å². The molecule has 0 unspecified atom stereocenters. The molecule has 0 N–H and O–H groups in total. The van der Waals surface area contributed by atoms with Gasteiger partial charge in [-0.2, -0.15) is 0 Å². The summed E-state index contributed by atoms with van der Waals surface area (Å²) in [5.74, 6) is -0.458. The molecule has 0 spiro atoms. The third-order valence-corrected chi connectivity index (χ3v) is 3.28. The zero-order chi connectivity index (χ0) is 11.7. The highest BCUT2D eigenvalue weighted by Crippen LogP contribution is 2.42. The Labute approximate surface area is 88.6 Å². The van der Waals surface area contributed by atoms with Gasteiger partial charge in [0.05, 0.1) is 0 Å². The maximum absolute atomic E-state index is 13.1. The SMILES string of the molecule is CC(C)[C@](C)(c1ccccc1)[B-](F)(F)F. The van der Waals surface area contributed by atoms with Gasteiger partial charge >= 0.3 is 6.98 Å². The first-order chi connectivity index (χ1) is 6.80. The predicted octanol–water partition coefficient (Wildman–Crippen LogP) is 3.99. The van der Waals surface area contributed by atoms with Crippen molar-refractivity contribution >= 4 is 6.98 Å². The molecule has 84 valence electrons. The standard InChI is InChI=1S/C11H15BF3/c1-9(2)11(3,12(13,14)15)10-7-5-4-6-8-10/h4-9H,1-3H3/q-1/t11-/m1/s1. The van der Waals surface area contributed by atoms with Crippen molar-refractivity contribution in [3.8, 4) is 0 Å². The second-order valence-corrected chi connectivity index (χ2v) is 4.38. The van der Waals surface area contributed by atoms with Gasteiger partial charge in [-0.1, -0.05) is 62.6 Å². The first-order valence-electron chi connectivity index (χ1n) is 5.05. The van der Waals surface area contributed by atoms with Gasteiger partial charge in [0.1, 0.15) is 0 Å². The normalized spacial score (nSPS) is 16.5. The van der Waals surface area contributed by atoms with E-state index in [2.05, 4.69) is 0 Å². The van der Waals surface area contributed by atoms with Crippen molar-refractivity contribution < 1.29 is 12.9 Å². The van der Waals surface area contributed by atoms with E-state index in [-0.39, 0.29) is 0 Å². The first-order valence-corrected chi connectivity index (χ1v) is 5.05. The zero-order valence-electron chi connectivity index (χ0n) is 9.18. The molecule has 15 heavy (non-hydrogen) atoms. The van der Waals surface area contributed by atoms with Gasteiger partial charge in [-0.3, -0.25) is 0 Å². The molecule has 0 radical (unpaired) electrons. The lowest BCUT2D eigenvalue weighted by molar-refractivity contribution is 0.317. The first kappa shape index (κ1) is 12.1. The Morgan fingerprint density at radius 1 is 1.07 bits per heavy atom. The van der Waals surface area contributed by atoms with Gasteiger partial charge < -0.3 is 12.9 Å². The molecule has 1 atom stereocenters. The molecular weight excluding hydrogens is 200 g/mol. The number of rotatable bonds is 3. The van der Waals surface area contributed by atoms with Crippen molar-refractivity contribution in [3.05, 3.63) is 35.9 Å². The van der Waals surface area contributed by atoms with E-state index in [1.807, 2.05) is 0 Å². The number of hydrogen-bond acceptors (Lipinski definition) is 0. The third kappa shape index (κ3) is 2.03. The van der Waals surface area contributed by atoms with E-state index in [1.165, 1.54) is 6.92 Å². The van der Waals surface area contributed by atoms with Gasteiger partial charge in [-0.15, -0.1) is 0 Å². The van der Waals surface area contributed by atoms with Crippen LogP contribution in [0.25, 0.3) is 0 Å². The zero-order valence-corrected chi connectivity index (χ0v) is 9.18. The molecule has 1 aromatic rings. The fourth-order valence-electron chi connectivity index (χ4n) is 1.70. The quantitative estimate of drug-likeness (QED) is 0.668. The van der Waals surface area contributed by atoms with Crippen molar-refractivity contribution in [3.63, 3.8) is 0 Å². The van der Waals surface area contributed by atoms with E-state index >= 15 is 0 Å². The van der Waals surface area contributed by atoms with E-state index in [9.17, 15) is 12.9 Å². The minimum absolute atomic E-state index is 0.354. The highest BCUT2D eigenvalue weighted by Gasteiger charge is 2.48. The molecule has 1 aromatic carbocycles. The topological polar surface area (TPSA) is 0 Å². The molecular formula is C11H15BF3-. The lowest BCUT2D eigenvalue weighted by Crippen LogP contribution is -2.48. The maximum atomic E-state index is 13.1. The second-order valence-electron chi connectivity index (χ2n) is 4.38. The van der Waals surface area contributed by atoms with Crippen LogP contribution in [-0.4, -0.2) is 6.98 Å². The summed E-state index contributed by atoms with van der Waals surface area (Å²) in [5, 5.41) is -1.71. The Balaban J connectivity index is 3.26. The molecule has 0 saturated heterocycles. The smallest absolute Gasteiger partial charge is 0.448 e. The van der Waals surface area contributed by atoms with Crippen LogP contribution in [0.3, 0.4) is 0 Å². The fraction of sp³-hybridized carbons (Fsp3) is 0.455. The Hall–Kier alpha value is -0.925.